The predicted octanol–water partition coefficient (Wildman–Crippen LogP) is 6.45. The first-order valence-corrected chi connectivity index (χ1v) is 10.2. The molecular weight excluding hydrogens is 403 g/mol. The van der Waals surface area contributed by atoms with Crippen molar-refractivity contribution in [3.8, 4) is 11.5 Å². The van der Waals surface area contributed by atoms with E-state index in [0.717, 1.165) is 29.6 Å². The number of carbonyl (C=O) groups excluding carboxylic acids is 1. The van der Waals surface area contributed by atoms with E-state index in [1.807, 2.05) is 24.4 Å². The van der Waals surface area contributed by atoms with Gasteiger partial charge in [-0.1, -0.05) is 6.07 Å². The van der Waals surface area contributed by atoms with E-state index in [1.54, 1.807) is 36.4 Å². The molecule has 1 amide bonds. The van der Waals surface area contributed by atoms with Crippen molar-refractivity contribution in [2.24, 2.45) is 0 Å². The lowest BCUT2D eigenvalue weighted by atomic mass is 10.2. The van der Waals surface area contributed by atoms with Crippen LogP contribution in [0.15, 0.2) is 79.0 Å². The zero-order chi connectivity index (χ0) is 20.9. The Morgan fingerprint density at radius 1 is 1.00 bits per heavy atom. The number of amides is 1. The van der Waals surface area contributed by atoms with E-state index in [4.69, 9.17) is 16.3 Å². The molecule has 0 atom stereocenters. The molecule has 152 valence electrons. The average Bonchev–Trinajstić information content (AvgIpc) is 3.15. The Morgan fingerprint density at radius 3 is 2.57 bits per heavy atom. The summed E-state index contributed by atoms with van der Waals surface area (Å²) < 4.78 is 21.4. The molecule has 0 aliphatic heterocycles. The maximum atomic E-state index is 13.3. The third kappa shape index (κ3) is 4.63. The van der Waals surface area contributed by atoms with Crippen molar-refractivity contribution in [3.05, 3.63) is 90.4 Å². The second-order valence-corrected chi connectivity index (χ2v) is 7.24. The van der Waals surface area contributed by atoms with Crippen LogP contribution in [0.2, 0.25) is 0 Å². The Hall–Kier alpha value is -3.31. The fraction of sp³-hybridized carbons (Fsp3) is 0.125. The molecule has 0 unspecified atom stereocenters. The maximum Gasteiger partial charge on any atom is 0.255 e. The molecule has 0 aliphatic carbocycles. The number of aromatic nitrogens is 1. The minimum absolute atomic E-state index is 0.313. The number of nitrogens with zero attached hydrogens (tertiary/aromatic N) is 1. The maximum absolute atomic E-state index is 13.3. The lowest BCUT2D eigenvalue weighted by Crippen LogP contribution is -2.11. The summed E-state index contributed by atoms with van der Waals surface area (Å²) in [5, 5.41) is 3.77. The number of ether oxygens (including phenoxy) is 1. The van der Waals surface area contributed by atoms with E-state index in [9.17, 15) is 9.18 Å². The molecule has 0 saturated carbocycles. The van der Waals surface area contributed by atoms with Gasteiger partial charge in [0, 0.05) is 40.8 Å². The van der Waals surface area contributed by atoms with E-state index >= 15 is 0 Å². The first-order chi connectivity index (χ1) is 14.6. The van der Waals surface area contributed by atoms with Crippen LogP contribution in [0, 0.1) is 5.82 Å². The number of fused-ring (bicyclic) bond motifs is 1. The van der Waals surface area contributed by atoms with Crippen LogP contribution in [0.4, 0.5) is 10.1 Å². The molecule has 4 aromatic rings. The van der Waals surface area contributed by atoms with Crippen LogP contribution in [-0.4, -0.2) is 16.4 Å². The summed E-state index contributed by atoms with van der Waals surface area (Å²) in [4.78, 5) is 12.3. The van der Waals surface area contributed by atoms with E-state index in [2.05, 4.69) is 16.0 Å². The standard InChI is InChI=1S/C24H20ClFN2O2/c25-12-2-13-28-14-11-18-15-22(9-10-23(18)28)30-21-7-5-17(6-8-21)24(29)27-20-4-1-3-19(26)16-20/h1,3-11,14-16H,2,12-13H2,(H,27,29). The van der Waals surface area contributed by atoms with Crippen molar-refractivity contribution in [1.82, 2.24) is 4.57 Å². The number of carbonyl (C=O) groups is 1. The van der Waals surface area contributed by atoms with Crippen molar-refractivity contribution in [2.75, 3.05) is 11.2 Å². The van der Waals surface area contributed by atoms with Crippen molar-refractivity contribution >= 4 is 34.1 Å². The Morgan fingerprint density at radius 2 is 1.80 bits per heavy atom. The molecule has 0 bridgehead atoms. The molecule has 0 radical (unpaired) electrons. The highest BCUT2D eigenvalue weighted by Gasteiger charge is 2.08. The average molecular weight is 423 g/mol. The zero-order valence-electron chi connectivity index (χ0n) is 16.1. The number of rotatable bonds is 7. The Balaban J connectivity index is 1.43. The molecule has 6 heteroatoms. The van der Waals surface area contributed by atoms with Crippen LogP contribution in [0.1, 0.15) is 16.8 Å². The molecule has 0 fully saturated rings. The number of nitrogens with one attached hydrogen (secondary N) is 1. The molecule has 4 rings (SSSR count). The number of halogens is 2. The summed E-state index contributed by atoms with van der Waals surface area (Å²) >= 11 is 5.79. The van der Waals surface area contributed by atoms with Gasteiger partial charge in [0.05, 0.1) is 0 Å². The van der Waals surface area contributed by atoms with Crippen LogP contribution in [0.25, 0.3) is 10.9 Å². The molecule has 1 N–H and O–H groups in total. The number of aryl methyl sites for hydroxylation is 1. The Labute approximate surface area is 178 Å². The molecule has 1 aromatic heterocycles. The molecule has 3 aromatic carbocycles. The fourth-order valence-electron chi connectivity index (χ4n) is 3.25. The minimum atomic E-state index is -0.400. The molecule has 4 nitrogen and oxygen atoms in total. The molecule has 0 spiro atoms. The summed E-state index contributed by atoms with van der Waals surface area (Å²) in [7, 11) is 0. The quantitative estimate of drug-likeness (QED) is 0.347. The minimum Gasteiger partial charge on any atom is -0.457 e. The molecule has 30 heavy (non-hydrogen) atoms. The second-order valence-electron chi connectivity index (χ2n) is 6.86. The zero-order valence-corrected chi connectivity index (χ0v) is 16.9. The first kappa shape index (κ1) is 20.0. The van der Waals surface area contributed by atoms with Crippen LogP contribution >= 0.6 is 11.6 Å². The first-order valence-electron chi connectivity index (χ1n) is 9.62. The van der Waals surface area contributed by atoms with Crippen molar-refractivity contribution in [3.63, 3.8) is 0 Å². The van der Waals surface area contributed by atoms with E-state index in [1.165, 1.54) is 12.1 Å². The number of hydrogen-bond donors (Lipinski definition) is 1. The number of benzene rings is 3. The molecule has 1 heterocycles. The SMILES string of the molecule is O=C(Nc1cccc(F)c1)c1ccc(Oc2ccc3c(ccn3CCCCl)c2)cc1. The van der Waals surface area contributed by atoms with Crippen molar-refractivity contribution in [2.45, 2.75) is 13.0 Å². The Kier molecular flexibility index (Phi) is 6.00. The highest BCUT2D eigenvalue weighted by Crippen LogP contribution is 2.27. The lowest BCUT2D eigenvalue weighted by Gasteiger charge is -2.09. The highest BCUT2D eigenvalue weighted by atomic mass is 35.5. The van der Waals surface area contributed by atoms with Gasteiger partial charge in [-0.15, -0.1) is 11.6 Å². The van der Waals surface area contributed by atoms with Gasteiger partial charge in [-0.25, -0.2) is 4.39 Å². The summed E-state index contributed by atoms with van der Waals surface area (Å²) in [5.74, 6) is 1.26. The summed E-state index contributed by atoms with van der Waals surface area (Å²) in [6.07, 6.45) is 2.97. The number of anilines is 1. The summed E-state index contributed by atoms with van der Waals surface area (Å²) in [6, 6.07) is 20.6. The smallest absolute Gasteiger partial charge is 0.255 e. The van der Waals surface area contributed by atoms with Gasteiger partial charge in [-0.3, -0.25) is 4.79 Å². The summed E-state index contributed by atoms with van der Waals surface area (Å²) in [6.45, 7) is 0.881. The third-order valence-electron chi connectivity index (χ3n) is 4.71. The van der Waals surface area contributed by atoms with Gasteiger partial charge in [0.2, 0.25) is 0 Å². The van der Waals surface area contributed by atoms with Crippen LogP contribution < -0.4 is 10.1 Å². The van der Waals surface area contributed by atoms with Gasteiger partial charge in [0.1, 0.15) is 17.3 Å². The predicted molar refractivity (Wildman–Crippen MR) is 118 cm³/mol. The van der Waals surface area contributed by atoms with Gasteiger partial charge in [0.25, 0.3) is 5.91 Å². The molecule has 0 aliphatic rings. The normalized spacial score (nSPS) is 10.9. The van der Waals surface area contributed by atoms with Gasteiger partial charge < -0.3 is 14.6 Å². The molecular formula is C24H20ClFN2O2. The van der Waals surface area contributed by atoms with Crippen LogP contribution in [0.3, 0.4) is 0 Å². The van der Waals surface area contributed by atoms with E-state index in [0.29, 0.717) is 22.9 Å². The van der Waals surface area contributed by atoms with E-state index in [-0.39, 0.29) is 5.91 Å². The number of alkyl halides is 1. The summed E-state index contributed by atoms with van der Waals surface area (Å²) in [5.41, 5.74) is 2.00. The van der Waals surface area contributed by atoms with Crippen LogP contribution in [-0.2, 0) is 6.54 Å². The molecule has 0 saturated heterocycles. The second kappa shape index (κ2) is 9.01. The van der Waals surface area contributed by atoms with Crippen molar-refractivity contribution in [1.29, 1.82) is 0 Å². The highest BCUT2D eigenvalue weighted by molar-refractivity contribution is 6.17. The fourth-order valence-corrected chi connectivity index (χ4v) is 3.37. The number of hydrogen-bond acceptors (Lipinski definition) is 2. The van der Waals surface area contributed by atoms with Gasteiger partial charge in [-0.05, 0) is 73.2 Å². The third-order valence-corrected chi connectivity index (χ3v) is 4.98. The lowest BCUT2D eigenvalue weighted by molar-refractivity contribution is 0.102. The van der Waals surface area contributed by atoms with Gasteiger partial charge in [0.15, 0.2) is 0 Å². The largest absolute Gasteiger partial charge is 0.457 e. The topological polar surface area (TPSA) is 43.3 Å². The van der Waals surface area contributed by atoms with Crippen LogP contribution in [0.5, 0.6) is 11.5 Å². The van der Waals surface area contributed by atoms with Crippen molar-refractivity contribution < 1.29 is 13.9 Å². The van der Waals surface area contributed by atoms with E-state index < -0.39 is 5.82 Å². The Bertz CT molecular complexity index is 1170. The van der Waals surface area contributed by atoms with Gasteiger partial charge in [-0.2, -0.15) is 0 Å². The monoisotopic (exact) mass is 422 g/mol. The van der Waals surface area contributed by atoms with Gasteiger partial charge >= 0.3 is 0 Å².